The zero-order valence-electron chi connectivity index (χ0n) is 10.3. The van der Waals surface area contributed by atoms with E-state index >= 15 is 0 Å². The van der Waals surface area contributed by atoms with E-state index in [1.165, 1.54) is 6.33 Å². The van der Waals surface area contributed by atoms with E-state index in [0.29, 0.717) is 11.3 Å². The molecule has 0 aliphatic heterocycles. The summed E-state index contributed by atoms with van der Waals surface area (Å²) in [6.07, 6.45) is 2.57. The van der Waals surface area contributed by atoms with Crippen molar-refractivity contribution < 1.29 is 9.65 Å². The molecule has 3 rings (SSSR count). The third-order valence-corrected chi connectivity index (χ3v) is 3.02. The molecular weight excluding hydrogens is 260 g/mol. The summed E-state index contributed by atoms with van der Waals surface area (Å²) in [6.45, 7) is 0.431. The lowest BCUT2D eigenvalue weighted by molar-refractivity contribution is -0.580. The number of imidazole rings is 1. The topological polar surface area (TPSA) is 87.9 Å². The van der Waals surface area contributed by atoms with Gasteiger partial charge < -0.3 is 5.21 Å². The van der Waals surface area contributed by atoms with E-state index in [-0.39, 0.29) is 16.9 Å². The van der Waals surface area contributed by atoms with Crippen molar-refractivity contribution in [1.29, 1.82) is 0 Å². The zero-order valence-corrected chi connectivity index (χ0v) is 10.3. The summed E-state index contributed by atoms with van der Waals surface area (Å²) in [5.41, 5.74) is 1.10. The van der Waals surface area contributed by atoms with Crippen LogP contribution in [0.25, 0.3) is 11.2 Å². The summed E-state index contributed by atoms with van der Waals surface area (Å²) < 4.78 is 2.20. The first-order chi connectivity index (χ1) is 9.66. The first kappa shape index (κ1) is 12.1. The van der Waals surface area contributed by atoms with Gasteiger partial charge in [0.25, 0.3) is 0 Å². The number of nitro groups is 1. The Morgan fingerprint density at radius 3 is 2.70 bits per heavy atom. The molecule has 0 spiro atoms. The molecule has 0 atom stereocenters. The van der Waals surface area contributed by atoms with E-state index < -0.39 is 4.92 Å². The molecule has 2 heterocycles. The normalized spacial score (nSPS) is 10.8. The second kappa shape index (κ2) is 4.61. The smallest absolute Gasteiger partial charge is 0.319 e. The predicted octanol–water partition coefficient (Wildman–Crippen LogP) is 1.63. The molecule has 0 N–H and O–H groups in total. The van der Waals surface area contributed by atoms with Gasteiger partial charge >= 0.3 is 11.3 Å². The first-order valence-electron chi connectivity index (χ1n) is 5.92. The maximum atomic E-state index is 11.9. The van der Waals surface area contributed by atoms with Gasteiger partial charge in [-0.3, -0.25) is 10.1 Å². The molecule has 3 aromatic rings. The maximum Gasteiger partial charge on any atom is 0.319 e. The van der Waals surface area contributed by atoms with Gasteiger partial charge in [-0.25, -0.2) is 14.3 Å². The molecule has 1 aromatic carbocycles. The summed E-state index contributed by atoms with van der Waals surface area (Å²) in [7, 11) is 0. The average molecular weight is 270 g/mol. The van der Waals surface area contributed by atoms with Crippen molar-refractivity contribution in [3.8, 4) is 0 Å². The summed E-state index contributed by atoms with van der Waals surface area (Å²) in [4.78, 5) is 14.4. The quantitative estimate of drug-likeness (QED) is 0.313. The van der Waals surface area contributed by atoms with Crippen molar-refractivity contribution in [3.05, 3.63) is 69.8 Å². The standard InChI is InChI=1S/C13H10N4O3/c18-16-7-6-11(17(19)20)12-13(16)15(9-14-12)8-10-4-2-1-3-5-10/h1-7,9H,8H2. The number of benzene rings is 1. The van der Waals surface area contributed by atoms with Crippen molar-refractivity contribution in [2.75, 3.05) is 0 Å². The van der Waals surface area contributed by atoms with Crippen LogP contribution in [0.3, 0.4) is 0 Å². The lowest BCUT2D eigenvalue weighted by Gasteiger charge is -2.05. The van der Waals surface area contributed by atoms with Crippen LogP contribution in [0.4, 0.5) is 5.69 Å². The predicted molar refractivity (Wildman–Crippen MR) is 70.9 cm³/mol. The minimum atomic E-state index is -0.539. The second-order valence-corrected chi connectivity index (χ2v) is 4.31. The molecule has 7 heteroatoms. The van der Waals surface area contributed by atoms with Crippen molar-refractivity contribution in [2.24, 2.45) is 0 Å². The molecule has 0 aliphatic carbocycles. The lowest BCUT2D eigenvalue weighted by atomic mass is 10.2. The van der Waals surface area contributed by atoms with Crippen molar-refractivity contribution in [1.82, 2.24) is 9.55 Å². The lowest BCUT2D eigenvalue weighted by Crippen LogP contribution is -2.29. The number of rotatable bonds is 3. The van der Waals surface area contributed by atoms with E-state index in [0.717, 1.165) is 17.8 Å². The van der Waals surface area contributed by atoms with Crippen molar-refractivity contribution >= 4 is 16.9 Å². The van der Waals surface area contributed by atoms with Crippen LogP contribution in [0.5, 0.6) is 0 Å². The van der Waals surface area contributed by atoms with E-state index in [4.69, 9.17) is 0 Å². The van der Waals surface area contributed by atoms with Crippen LogP contribution in [0.15, 0.2) is 48.9 Å². The van der Waals surface area contributed by atoms with Gasteiger partial charge in [0.15, 0.2) is 6.33 Å². The number of pyridine rings is 1. The van der Waals surface area contributed by atoms with Gasteiger partial charge in [0.05, 0.1) is 11.0 Å². The fraction of sp³-hybridized carbons (Fsp3) is 0.0769. The SMILES string of the molecule is O=[N+]([O-])c1cc[n+]([O-])c2c1ncn2Cc1ccccc1. The summed E-state index contributed by atoms with van der Waals surface area (Å²) >= 11 is 0. The highest BCUT2D eigenvalue weighted by Crippen LogP contribution is 2.21. The van der Waals surface area contributed by atoms with Crippen molar-refractivity contribution in [2.45, 2.75) is 6.54 Å². The van der Waals surface area contributed by atoms with Crippen LogP contribution in [0, 0.1) is 15.3 Å². The highest BCUT2D eigenvalue weighted by Gasteiger charge is 2.23. The molecule has 2 aromatic heterocycles. The largest absolute Gasteiger partial charge is 0.711 e. The van der Waals surface area contributed by atoms with Gasteiger partial charge in [0.2, 0.25) is 5.52 Å². The van der Waals surface area contributed by atoms with Gasteiger partial charge in [-0.2, -0.15) is 0 Å². The Kier molecular flexibility index (Phi) is 2.79. The van der Waals surface area contributed by atoms with E-state index in [9.17, 15) is 15.3 Å². The molecule has 7 nitrogen and oxygen atoms in total. The molecule has 0 fully saturated rings. The van der Waals surface area contributed by atoms with Crippen LogP contribution in [0.2, 0.25) is 0 Å². The van der Waals surface area contributed by atoms with Crippen LogP contribution < -0.4 is 4.73 Å². The Hall–Kier alpha value is -2.96. The fourth-order valence-corrected chi connectivity index (χ4v) is 2.12. The maximum absolute atomic E-state index is 11.9. The zero-order chi connectivity index (χ0) is 14.1. The Balaban J connectivity index is 2.14. The highest BCUT2D eigenvalue weighted by atomic mass is 16.6. The van der Waals surface area contributed by atoms with Crippen LogP contribution in [-0.2, 0) is 6.54 Å². The number of fused-ring (bicyclic) bond motifs is 1. The molecule has 0 bridgehead atoms. The minimum Gasteiger partial charge on any atom is -0.711 e. The molecule has 0 unspecified atom stereocenters. The molecule has 0 amide bonds. The van der Waals surface area contributed by atoms with Gasteiger partial charge in [0.1, 0.15) is 12.7 Å². The Labute approximate surface area is 113 Å². The van der Waals surface area contributed by atoms with E-state index in [1.54, 1.807) is 4.57 Å². The molecule has 0 saturated heterocycles. The van der Waals surface area contributed by atoms with Crippen LogP contribution in [-0.4, -0.2) is 14.5 Å². The Bertz CT molecular complexity index is 783. The molecular formula is C13H10N4O3. The molecule has 20 heavy (non-hydrogen) atoms. The van der Waals surface area contributed by atoms with Gasteiger partial charge in [-0.1, -0.05) is 30.3 Å². The summed E-state index contributed by atoms with van der Waals surface area (Å²) in [6, 6.07) is 10.7. The number of hydrogen-bond donors (Lipinski definition) is 0. The highest BCUT2D eigenvalue weighted by molar-refractivity contribution is 5.78. The molecule has 100 valence electrons. The Morgan fingerprint density at radius 2 is 2.00 bits per heavy atom. The molecule has 0 saturated carbocycles. The van der Waals surface area contributed by atoms with Crippen LogP contribution >= 0.6 is 0 Å². The van der Waals surface area contributed by atoms with Gasteiger partial charge in [-0.05, 0) is 5.56 Å². The van der Waals surface area contributed by atoms with Gasteiger partial charge in [0, 0.05) is 0 Å². The number of aromatic nitrogens is 3. The summed E-state index contributed by atoms with van der Waals surface area (Å²) in [5.74, 6) is 0. The fourth-order valence-electron chi connectivity index (χ4n) is 2.12. The second-order valence-electron chi connectivity index (χ2n) is 4.31. The monoisotopic (exact) mass is 270 g/mol. The van der Waals surface area contributed by atoms with Gasteiger partial charge in [-0.15, -0.1) is 0 Å². The minimum absolute atomic E-state index is 0.100. The Morgan fingerprint density at radius 1 is 1.25 bits per heavy atom. The van der Waals surface area contributed by atoms with E-state index in [1.807, 2.05) is 30.3 Å². The van der Waals surface area contributed by atoms with E-state index in [2.05, 4.69) is 4.98 Å². The number of nitrogens with zero attached hydrogens (tertiary/aromatic N) is 4. The third-order valence-electron chi connectivity index (χ3n) is 3.02. The first-order valence-corrected chi connectivity index (χ1v) is 5.92. The van der Waals surface area contributed by atoms with Crippen molar-refractivity contribution in [3.63, 3.8) is 0 Å². The number of hydrogen-bond acceptors (Lipinski definition) is 4. The third kappa shape index (κ3) is 1.95. The average Bonchev–Trinajstić information content (AvgIpc) is 2.85. The molecule has 0 aliphatic rings. The van der Waals surface area contributed by atoms with Crippen LogP contribution in [0.1, 0.15) is 5.56 Å². The molecule has 0 radical (unpaired) electrons. The summed E-state index contributed by atoms with van der Waals surface area (Å²) in [5, 5.41) is 22.8.